The third kappa shape index (κ3) is 2.10. The van der Waals surface area contributed by atoms with Gasteiger partial charge in [-0.3, -0.25) is 0 Å². The molecule has 0 saturated carbocycles. The molecule has 0 bridgehead atoms. The molecule has 1 aliphatic rings. The zero-order valence-electron chi connectivity index (χ0n) is 9.23. The number of hydrogen-bond donors (Lipinski definition) is 1. The highest BCUT2D eigenvalue weighted by Gasteiger charge is 2.21. The molecule has 1 aromatic heterocycles. The van der Waals surface area contributed by atoms with E-state index in [-0.39, 0.29) is 0 Å². The highest BCUT2D eigenvalue weighted by atomic mass is 79.9. The van der Waals surface area contributed by atoms with Crippen molar-refractivity contribution in [3.05, 3.63) is 46.8 Å². The molecule has 0 aliphatic carbocycles. The van der Waals surface area contributed by atoms with E-state index >= 15 is 0 Å². The quantitative estimate of drug-likeness (QED) is 0.924. The van der Waals surface area contributed by atoms with Crippen LogP contribution in [0, 0.1) is 0 Å². The number of hydrogen-bond acceptors (Lipinski definition) is 3. The average Bonchev–Trinajstić information content (AvgIpc) is 2.28. The normalized spacial score (nSPS) is 15.6. The summed E-state index contributed by atoms with van der Waals surface area (Å²) in [5, 5.41) is 3.24. The summed E-state index contributed by atoms with van der Waals surface area (Å²) in [6.07, 6.45) is 1.84. The monoisotopic (exact) mass is 289 g/mol. The van der Waals surface area contributed by atoms with Gasteiger partial charge in [0.25, 0.3) is 0 Å². The molecule has 17 heavy (non-hydrogen) atoms. The van der Waals surface area contributed by atoms with Gasteiger partial charge in [-0.25, -0.2) is 9.97 Å². The largest absolute Gasteiger partial charge is 0.315 e. The molecule has 3 rings (SSSR count). The molecule has 0 unspecified atom stereocenters. The first-order valence-corrected chi connectivity index (χ1v) is 6.42. The second-order valence-electron chi connectivity index (χ2n) is 4.14. The van der Waals surface area contributed by atoms with E-state index in [2.05, 4.69) is 37.3 Å². The Kier molecular flexibility index (Phi) is 2.91. The molecule has 0 atom stereocenters. The van der Waals surface area contributed by atoms with Gasteiger partial charge in [0, 0.05) is 35.2 Å². The molecule has 1 aliphatic heterocycles. The number of halogens is 1. The minimum atomic E-state index is 0.470. The molecule has 0 radical (unpaired) electrons. The first kappa shape index (κ1) is 10.9. The standard InChI is InChI=1S/C13H12BrN3/c14-11-4-2-1-3-10(11)12-5-6-16-13(17-12)9-7-15-8-9/h1-6,9,15H,7-8H2. The van der Waals surface area contributed by atoms with Crippen molar-refractivity contribution in [1.29, 1.82) is 0 Å². The molecule has 1 fully saturated rings. The summed E-state index contributed by atoms with van der Waals surface area (Å²) in [5.41, 5.74) is 2.10. The van der Waals surface area contributed by atoms with E-state index in [1.165, 1.54) is 0 Å². The van der Waals surface area contributed by atoms with Gasteiger partial charge >= 0.3 is 0 Å². The van der Waals surface area contributed by atoms with Gasteiger partial charge in [0.2, 0.25) is 0 Å². The van der Waals surface area contributed by atoms with E-state index in [9.17, 15) is 0 Å². The predicted molar refractivity (Wildman–Crippen MR) is 70.8 cm³/mol. The van der Waals surface area contributed by atoms with E-state index < -0.39 is 0 Å². The maximum Gasteiger partial charge on any atom is 0.134 e. The third-order valence-corrected chi connectivity index (χ3v) is 3.66. The molecule has 0 spiro atoms. The lowest BCUT2D eigenvalue weighted by atomic mass is 10.0. The zero-order valence-corrected chi connectivity index (χ0v) is 10.8. The van der Waals surface area contributed by atoms with Crippen molar-refractivity contribution in [3.8, 4) is 11.3 Å². The molecule has 86 valence electrons. The van der Waals surface area contributed by atoms with Gasteiger partial charge in [-0.2, -0.15) is 0 Å². The summed E-state index contributed by atoms with van der Waals surface area (Å²) in [6, 6.07) is 10.1. The summed E-state index contributed by atoms with van der Waals surface area (Å²) in [4.78, 5) is 8.99. The third-order valence-electron chi connectivity index (χ3n) is 2.97. The summed E-state index contributed by atoms with van der Waals surface area (Å²) >= 11 is 3.55. The highest BCUT2D eigenvalue weighted by Crippen LogP contribution is 2.27. The zero-order chi connectivity index (χ0) is 11.7. The number of rotatable bonds is 2. The fourth-order valence-electron chi connectivity index (χ4n) is 1.86. The van der Waals surface area contributed by atoms with Crippen LogP contribution in [0.3, 0.4) is 0 Å². The molecule has 1 saturated heterocycles. The van der Waals surface area contributed by atoms with Crippen LogP contribution in [-0.2, 0) is 0 Å². The Morgan fingerprint density at radius 1 is 1.18 bits per heavy atom. The lowest BCUT2D eigenvalue weighted by Crippen LogP contribution is -2.40. The van der Waals surface area contributed by atoms with Crippen molar-refractivity contribution in [3.63, 3.8) is 0 Å². The Bertz CT molecular complexity index is 538. The Morgan fingerprint density at radius 2 is 2.00 bits per heavy atom. The minimum Gasteiger partial charge on any atom is -0.315 e. The molecule has 2 heterocycles. The van der Waals surface area contributed by atoms with E-state index in [1.54, 1.807) is 0 Å². The first-order chi connectivity index (χ1) is 8.34. The Hall–Kier alpha value is -1.26. The molecule has 0 amide bonds. The second kappa shape index (κ2) is 4.55. The molecular formula is C13H12BrN3. The molecular weight excluding hydrogens is 278 g/mol. The summed E-state index contributed by atoms with van der Waals surface area (Å²) in [6.45, 7) is 1.97. The lowest BCUT2D eigenvalue weighted by molar-refractivity contribution is 0.430. The smallest absolute Gasteiger partial charge is 0.134 e. The van der Waals surface area contributed by atoms with Crippen LogP contribution in [0.2, 0.25) is 0 Å². The van der Waals surface area contributed by atoms with Crippen molar-refractivity contribution in [2.24, 2.45) is 0 Å². The van der Waals surface area contributed by atoms with Crippen LogP contribution in [0.5, 0.6) is 0 Å². The number of nitrogens with one attached hydrogen (secondary N) is 1. The van der Waals surface area contributed by atoms with E-state index in [0.717, 1.165) is 34.6 Å². The molecule has 4 heteroatoms. The van der Waals surface area contributed by atoms with Crippen LogP contribution in [-0.4, -0.2) is 23.1 Å². The fraction of sp³-hybridized carbons (Fsp3) is 0.231. The van der Waals surface area contributed by atoms with Crippen LogP contribution >= 0.6 is 15.9 Å². The van der Waals surface area contributed by atoms with Crippen LogP contribution < -0.4 is 5.32 Å². The van der Waals surface area contributed by atoms with Gasteiger partial charge in [-0.05, 0) is 12.1 Å². The number of benzene rings is 1. The van der Waals surface area contributed by atoms with Gasteiger partial charge in [0.05, 0.1) is 5.69 Å². The van der Waals surface area contributed by atoms with Gasteiger partial charge in [-0.1, -0.05) is 34.1 Å². The van der Waals surface area contributed by atoms with Crippen LogP contribution in [0.4, 0.5) is 0 Å². The molecule has 2 aromatic rings. The second-order valence-corrected chi connectivity index (χ2v) is 4.99. The summed E-state index contributed by atoms with van der Waals surface area (Å²) in [7, 11) is 0. The van der Waals surface area contributed by atoms with E-state index in [1.807, 2.05) is 30.5 Å². The van der Waals surface area contributed by atoms with Crippen molar-refractivity contribution in [2.75, 3.05) is 13.1 Å². The van der Waals surface area contributed by atoms with Crippen LogP contribution in [0.1, 0.15) is 11.7 Å². The van der Waals surface area contributed by atoms with E-state index in [0.29, 0.717) is 5.92 Å². The SMILES string of the molecule is Brc1ccccc1-c1ccnc(C2CNC2)n1. The summed E-state index contributed by atoms with van der Waals surface area (Å²) in [5.74, 6) is 1.41. The highest BCUT2D eigenvalue weighted by molar-refractivity contribution is 9.10. The maximum atomic E-state index is 4.64. The van der Waals surface area contributed by atoms with Crippen molar-refractivity contribution in [1.82, 2.24) is 15.3 Å². The molecule has 1 N–H and O–H groups in total. The lowest BCUT2D eigenvalue weighted by Gasteiger charge is -2.25. The Labute approximate surface area is 108 Å². The Balaban J connectivity index is 2.00. The summed E-state index contributed by atoms with van der Waals surface area (Å²) < 4.78 is 1.07. The topological polar surface area (TPSA) is 37.8 Å². The predicted octanol–water partition coefficient (Wildman–Crippen LogP) is 2.59. The van der Waals surface area contributed by atoms with Crippen LogP contribution in [0.15, 0.2) is 41.0 Å². The number of nitrogens with zero attached hydrogens (tertiary/aromatic N) is 2. The van der Waals surface area contributed by atoms with E-state index in [4.69, 9.17) is 0 Å². The van der Waals surface area contributed by atoms with Gasteiger partial charge in [-0.15, -0.1) is 0 Å². The van der Waals surface area contributed by atoms with Crippen molar-refractivity contribution >= 4 is 15.9 Å². The maximum absolute atomic E-state index is 4.64. The van der Waals surface area contributed by atoms with Crippen molar-refractivity contribution < 1.29 is 0 Å². The average molecular weight is 290 g/mol. The first-order valence-electron chi connectivity index (χ1n) is 5.63. The van der Waals surface area contributed by atoms with Gasteiger partial charge in [0.15, 0.2) is 0 Å². The minimum absolute atomic E-state index is 0.470. The molecule has 1 aromatic carbocycles. The fourth-order valence-corrected chi connectivity index (χ4v) is 2.35. The molecule has 3 nitrogen and oxygen atoms in total. The van der Waals surface area contributed by atoms with Crippen LogP contribution in [0.25, 0.3) is 11.3 Å². The number of aromatic nitrogens is 2. The van der Waals surface area contributed by atoms with Crippen molar-refractivity contribution in [2.45, 2.75) is 5.92 Å². The Morgan fingerprint density at radius 3 is 2.71 bits per heavy atom. The van der Waals surface area contributed by atoms with Gasteiger partial charge < -0.3 is 5.32 Å². The van der Waals surface area contributed by atoms with Gasteiger partial charge in [0.1, 0.15) is 5.82 Å².